The predicted octanol–water partition coefficient (Wildman–Crippen LogP) is 2.98. The second-order valence-electron chi connectivity index (χ2n) is 4.89. The van der Waals surface area contributed by atoms with Crippen molar-refractivity contribution in [2.24, 2.45) is 0 Å². The molecule has 0 amide bonds. The molecule has 0 radical (unpaired) electrons. The molecule has 0 aromatic carbocycles. The van der Waals surface area contributed by atoms with Crippen molar-refractivity contribution in [2.75, 3.05) is 38.8 Å². The summed E-state index contributed by atoms with van der Waals surface area (Å²) in [5.41, 5.74) is 1.15. The summed E-state index contributed by atoms with van der Waals surface area (Å²) in [6.07, 6.45) is 2.19. The summed E-state index contributed by atoms with van der Waals surface area (Å²) in [5, 5.41) is 4.63. The van der Waals surface area contributed by atoms with Crippen molar-refractivity contribution < 1.29 is 4.74 Å². The highest BCUT2D eigenvalue weighted by molar-refractivity contribution is 7.15. The van der Waals surface area contributed by atoms with Crippen LogP contribution in [0.4, 0.5) is 5.13 Å². The predicted molar refractivity (Wildman–Crippen MR) is 83.3 cm³/mol. The Balaban J connectivity index is 2.61. The van der Waals surface area contributed by atoms with Crippen molar-refractivity contribution in [1.29, 1.82) is 0 Å². The van der Waals surface area contributed by atoms with Crippen molar-refractivity contribution in [3.8, 4) is 0 Å². The van der Waals surface area contributed by atoms with Gasteiger partial charge in [0.15, 0.2) is 5.13 Å². The van der Waals surface area contributed by atoms with Gasteiger partial charge in [0, 0.05) is 38.2 Å². The van der Waals surface area contributed by atoms with Crippen molar-refractivity contribution in [3.63, 3.8) is 0 Å². The average Bonchev–Trinajstić information content (AvgIpc) is 2.78. The monoisotopic (exact) mass is 285 g/mol. The lowest BCUT2D eigenvalue weighted by Crippen LogP contribution is -2.19. The maximum absolute atomic E-state index is 5.09. The fraction of sp³-hybridized carbons (Fsp3) is 0.786. The summed E-state index contributed by atoms with van der Waals surface area (Å²) < 4.78 is 5.09. The van der Waals surface area contributed by atoms with Gasteiger partial charge in [0.25, 0.3) is 0 Å². The van der Waals surface area contributed by atoms with E-state index in [-0.39, 0.29) is 0 Å². The number of thiazole rings is 1. The van der Waals surface area contributed by atoms with Crippen LogP contribution in [-0.4, -0.2) is 38.8 Å². The van der Waals surface area contributed by atoms with Gasteiger partial charge in [-0.2, -0.15) is 0 Å². The summed E-state index contributed by atoms with van der Waals surface area (Å²) >= 11 is 1.80. The van der Waals surface area contributed by atoms with Crippen LogP contribution in [0.2, 0.25) is 0 Å². The molecule has 110 valence electrons. The van der Waals surface area contributed by atoms with Gasteiger partial charge in [-0.1, -0.05) is 6.92 Å². The van der Waals surface area contributed by atoms with Gasteiger partial charge in [0.05, 0.1) is 5.69 Å². The number of aryl methyl sites for hydroxylation is 1. The zero-order valence-corrected chi connectivity index (χ0v) is 13.6. The van der Waals surface area contributed by atoms with Crippen LogP contribution >= 0.6 is 11.3 Å². The minimum absolute atomic E-state index is 0.388. The Morgan fingerprint density at radius 2 is 2.21 bits per heavy atom. The lowest BCUT2D eigenvalue weighted by Gasteiger charge is -2.15. The first kappa shape index (κ1) is 16.4. The normalized spacial score (nSPS) is 12.7. The van der Waals surface area contributed by atoms with E-state index in [1.165, 1.54) is 4.88 Å². The molecule has 0 bridgehead atoms. The van der Waals surface area contributed by atoms with E-state index in [4.69, 9.17) is 4.74 Å². The molecular formula is C14H27N3OS. The molecule has 0 saturated heterocycles. The van der Waals surface area contributed by atoms with Crippen LogP contribution in [0.3, 0.4) is 0 Å². The molecular weight excluding hydrogens is 258 g/mol. The molecule has 4 nitrogen and oxygen atoms in total. The lowest BCUT2D eigenvalue weighted by atomic mass is 10.2. The number of hydrogen-bond acceptors (Lipinski definition) is 5. The van der Waals surface area contributed by atoms with E-state index in [9.17, 15) is 0 Å². The van der Waals surface area contributed by atoms with Crippen LogP contribution in [0.5, 0.6) is 0 Å². The first-order valence-corrected chi connectivity index (χ1v) is 7.82. The molecule has 1 unspecified atom stereocenters. The third kappa shape index (κ3) is 5.09. The van der Waals surface area contributed by atoms with Gasteiger partial charge in [-0.15, -0.1) is 11.3 Å². The molecule has 0 saturated carbocycles. The molecule has 1 heterocycles. The fourth-order valence-electron chi connectivity index (χ4n) is 1.95. The average molecular weight is 285 g/mol. The zero-order chi connectivity index (χ0) is 14.3. The molecule has 0 fully saturated rings. The first-order chi connectivity index (χ1) is 9.10. The van der Waals surface area contributed by atoms with Crippen LogP contribution in [0.25, 0.3) is 0 Å². The minimum atomic E-state index is 0.388. The molecule has 1 aromatic heterocycles. The third-order valence-corrected chi connectivity index (χ3v) is 4.54. The van der Waals surface area contributed by atoms with Gasteiger partial charge in [-0.3, -0.25) is 0 Å². The Morgan fingerprint density at radius 1 is 1.47 bits per heavy atom. The number of aromatic nitrogens is 1. The van der Waals surface area contributed by atoms with Gasteiger partial charge in [0.1, 0.15) is 0 Å². The molecule has 1 aromatic rings. The number of anilines is 1. The fourth-order valence-corrected chi connectivity index (χ4v) is 3.03. The number of hydrogen-bond donors (Lipinski definition) is 1. The van der Waals surface area contributed by atoms with E-state index in [2.05, 4.69) is 43.0 Å². The molecule has 1 atom stereocenters. The number of methoxy groups -OCH3 is 1. The van der Waals surface area contributed by atoms with Crippen molar-refractivity contribution >= 4 is 16.5 Å². The Bertz CT molecular complexity index is 368. The maximum atomic E-state index is 5.09. The number of nitrogens with one attached hydrogen (secondary N) is 1. The second-order valence-corrected chi connectivity index (χ2v) is 5.90. The number of rotatable bonds is 9. The van der Waals surface area contributed by atoms with Crippen LogP contribution in [0.15, 0.2) is 0 Å². The van der Waals surface area contributed by atoms with E-state index in [0.717, 1.165) is 43.4 Å². The molecule has 0 aliphatic rings. The van der Waals surface area contributed by atoms with Crippen molar-refractivity contribution in [1.82, 2.24) is 10.3 Å². The highest BCUT2D eigenvalue weighted by Gasteiger charge is 2.15. The number of ether oxygens (including phenoxy) is 1. The summed E-state index contributed by atoms with van der Waals surface area (Å²) in [6.45, 7) is 9.34. The number of nitrogens with zero attached hydrogens (tertiary/aromatic N) is 2. The first-order valence-electron chi connectivity index (χ1n) is 7.00. The van der Waals surface area contributed by atoms with E-state index in [1.54, 1.807) is 18.4 Å². The Labute approximate surface area is 121 Å². The zero-order valence-electron chi connectivity index (χ0n) is 12.8. The van der Waals surface area contributed by atoms with Gasteiger partial charge in [-0.05, 0) is 33.2 Å². The molecule has 0 aliphatic heterocycles. The molecule has 1 N–H and O–H groups in total. The van der Waals surface area contributed by atoms with Gasteiger partial charge < -0.3 is 15.0 Å². The second kappa shape index (κ2) is 8.51. The Morgan fingerprint density at radius 3 is 2.84 bits per heavy atom. The van der Waals surface area contributed by atoms with Crippen LogP contribution < -0.4 is 10.2 Å². The topological polar surface area (TPSA) is 37.4 Å². The van der Waals surface area contributed by atoms with E-state index in [0.29, 0.717) is 6.04 Å². The highest BCUT2D eigenvalue weighted by Crippen LogP contribution is 2.30. The van der Waals surface area contributed by atoms with Gasteiger partial charge >= 0.3 is 0 Å². The molecule has 0 aliphatic carbocycles. The largest absolute Gasteiger partial charge is 0.385 e. The molecule has 5 heteroatoms. The van der Waals surface area contributed by atoms with E-state index < -0.39 is 0 Å². The Hall–Kier alpha value is -0.650. The lowest BCUT2D eigenvalue weighted by molar-refractivity contribution is 0.196. The highest BCUT2D eigenvalue weighted by atomic mass is 32.1. The van der Waals surface area contributed by atoms with Crippen molar-refractivity contribution in [2.45, 2.75) is 39.7 Å². The SMILES string of the molecule is CCCNC(C)c1sc(N(C)CCCOC)nc1C. The standard InChI is InChI=1S/C14H27N3OS/c1-6-8-15-11(2)13-12(3)16-14(19-13)17(4)9-7-10-18-5/h11,15H,6-10H2,1-5H3. The molecule has 0 spiro atoms. The van der Waals surface area contributed by atoms with Gasteiger partial charge in [-0.25, -0.2) is 4.98 Å². The summed E-state index contributed by atoms with van der Waals surface area (Å²) in [6, 6.07) is 0.388. The summed E-state index contributed by atoms with van der Waals surface area (Å²) in [7, 11) is 3.84. The smallest absolute Gasteiger partial charge is 0.185 e. The van der Waals surface area contributed by atoms with Crippen LogP contribution in [0.1, 0.15) is 43.3 Å². The minimum Gasteiger partial charge on any atom is -0.385 e. The third-order valence-electron chi connectivity index (χ3n) is 3.08. The molecule has 1 rings (SSSR count). The summed E-state index contributed by atoms with van der Waals surface area (Å²) in [5.74, 6) is 0. The van der Waals surface area contributed by atoms with Gasteiger partial charge in [0.2, 0.25) is 0 Å². The quantitative estimate of drug-likeness (QED) is 0.708. The van der Waals surface area contributed by atoms with E-state index in [1.807, 2.05) is 0 Å². The van der Waals surface area contributed by atoms with Crippen LogP contribution in [0, 0.1) is 6.92 Å². The van der Waals surface area contributed by atoms with Crippen LogP contribution in [-0.2, 0) is 4.74 Å². The van der Waals surface area contributed by atoms with Crippen molar-refractivity contribution in [3.05, 3.63) is 10.6 Å². The van der Waals surface area contributed by atoms with E-state index >= 15 is 0 Å². The molecule has 19 heavy (non-hydrogen) atoms. The Kier molecular flexibility index (Phi) is 7.34. The maximum Gasteiger partial charge on any atom is 0.185 e. The summed E-state index contributed by atoms with van der Waals surface area (Å²) in [4.78, 5) is 8.25.